The minimum Gasteiger partial charge on any atom is -0.491 e. The third kappa shape index (κ3) is 6.87. The molecule has 1 unspecified atom stereocenters. The van der Waals surface area contributed by atoms with Gasteiger partial charge in [0, 0.05) is 49.2 Å². The number of rotatable bonds is 10. The van der Waals surface area contributed by atoms with Gasteiger partial charge in [-0.15, -0.1) is 0 Å². The van der Waals surface area contributed by atoms with Crippen LogP contribution in [0.3, 0.4) is 0 Å². The van der Waals surface area contributed by atoms with E-state index in [1.165, 1.54) is 0 Å². The molecule has 35 heavy (non-hydrogen) atoms. The van der Waals surface area contributed by atoms with Crippen molar-refractivity contribution < 1.29 is 9.16 Å². The van der Waals surface area contributed by atoms with Crippen LogP contribution < -0.4 is 10.3 Å². The molecular weight excluding hydrogens is 478 g/mol. The molecule has 6 nitrogen and oxygen atoms in total. The first kappa shape index (κ1) is 27.2. The van der Waals surface area contributed by atoms with Crippen molar-refractivity contribution in [3.05, 3.63) is 64.3 Å². The average Bonchev–Trinajstić information content (AvgIpc) is 3.24. The van der Waals surface area contributed by atoms with Gasteiger partial charge in [-0.1, -0.05) is 39.3 Å². The van der Waals surface area contributed by atoms with Gasteiger partial charge in [0.25, 0.3) is 5.56 Å². The Hall–Kier alpha value is -2.35. The topological polar surface area (TPSA) is 58.3 Å². The van der Waals surface area contributed by atoms with Crippen LogP contribution in [-0.2, 0) is 11.0 Å². The van der Waals surface area contributed by atoms with Gasteiger partial charge in [0.2, 0.25) is 0 Å². The summed E-state index contributed by atoms with van der Waals surface area (Å²) < 4.78 is 15.8. The fourth-order valence-electron chi connectivity index (χ4n) is 3.46. The number of hydrogen-bond acceptors (Lipinski definition) is 4. The predicted molar refractivity (Wildman–Crippen MR) is 146 cm³/mol. The molecule has 0 amide bonds. The molecule has 0 N–H and O–H groups in total. The van der Waals surface area contributed by atoms with Crippen molar-refractivity contribution in [1.29, 1.82) is 0 Å². The summed E-state index contributed by atoms with van der Waals surface area (Å²) in [5.41, 5.74) is 2.59. The molecule has 3 rings (SSSR count). The van der Waals surface area contributed by atoms with E-state index in [2.05, 4.69) is 45.9 Å². The van der Waals surface area contributed by atoms with Crippen LogP contribution in [0, 0.1) is 0 Å². The molecule has 0 radical (unpaired) electrons. The van der Waals surface area contributed by atoms with E-state index in [4.69, 9.17) is 20.8 Å². The Morgan fingerprint density at radius 2 is 1.89 bits per heavy atom. The van der Waals surface area contributed by atoms with Crippen LogP contribution in [0.5, 0.6) is 5.75 Å². The van der Waals surface area contributed by atoms with E-state index in [9.17, 15) is 4.79 Å². The van der Waals surface area contributed by atoms with Crippen molar-refractivity contribution in [2.75, 3.05) is 6.61 Å². The van der Waals surface area contributed by atoms with Gasteiger partial charge < -0.3 is 13.7 Å². The normalized spacial score (nSPS) is 13.1. The molecule has 0 aliphatic rings. The predicted octanol–water partition coefficient (Wildman–Crippen LogP) is 6.94. The first-order valence-electron chi connectivity index (χ1n) is 12.3. The van der Waals surface area contributed by atoms with E-state index >= 15 is 0 Å². The van der Waals surface area contributed by atoms with E-state index in [0.29, 0.717) is 18.2 Å². The number of nitrogens with zero attached hydrogens (tertiary/aromatic N) is 3. The molecule has 3 aromatic rings. The summed E-state index contributed by atoms with van der Waals surface area (Å²) in [6.45, 7) is 16.7. The van der Waals surface area contributed by atoms with Crippen LogP contribution in [0.25, 0.3) is 16.8 Å². The van der Waals surface area contributed by atoms with Gasteiger partial charge in [0.1, 0.15) is 5.75 Å². The van der Waals surface area contributed by atoms with Crippen LogP contribution in [0.4, 0.5) is 0 Å². The number of pyridine rings is 1. The largest absolute Gasteiger partial charge is 0.491 e. The highest BCUT2D eigenvalue weighted by Crippen LogP contribution is 2.37. The van der Waals surface area contributed by atoms with Crippen molar-refractivity contribution >= 4 is 19.9 Å². The number of ether oxygens (including phenoxy) is 1. The van der Waals surface area contributed by atoms with Crippen molar-refractivity contribution in [3.8, 4) is 22.6 Å². The Balaban J connectivity index is 1.65. The van der Waals surface area contributed by atoms with E-state index in [1.807, 2.05) is 37.5 Å². The molecule has 0 aliphatic carbocycles. The number of benzene rings is 1. The van der Waals surface area contributed by atoms with Crippen molar-refractivity contribution in [1.82, 2.24) is 14.3 Å². The second kappa shape index (κ2) is 11.1. The average molecular weight is 516 g/mol. The quantitative estimate of drug-likeness (QED) is 0.274. The lowest BCUT2D eigenvalue weighted by Gasteiger charge is -2.36. The number of hydrogen-bond donors (Lipinski definition) is 0. The van der Waals surface area contributed by atoms with Gasteiger partial charge in [-0.25, -0.2) is 4.68 Å². The van der Waals surface area contributed by atoms with E-state index in [1.54, 1.807) is 27.6 Å². The van der Waals surface area contributed by atoms with Gasteiger partial charge >= 0.3 is 0 Å². The summed E-state index contributed by atoms with van der Waals surface area (Å²) in [5.74, 6) is 0.734. The molecule has 0 spiro atoms. The zero-order valence-electron chi connectivity index (χ0n) is 22.0. The molecule has 190 valence electrons. The lowest BCUT2D eigenvalue weighted by molar-refractivity contribution is 0.171. The second-order valence-corrected chi connectivity index (χ2v) is 15.8. The third-order valence-electron chi connectivity index (χ3n) is 6.66. The standard InChI is InChI=1S/C27H38ClN3O3Si/c1-8-14-30-19-22(9-12-26(30)32)31-18-21(17-29-31)24-11-10-23(16-25(24)28)34-20(2)13-15-33-35(6,7)27(3,4)5/h9-12,16-20H,8,13-15H2,1-7H3. The van der Waals surface area contributed by atoms with Gasteiger partial charge in [0.15, 0.2) is 8.32 Å². The van der Waals surface area contributed by atoms with Crippen LogP contribution in [0.15, 0.2) is 53.7 Å². The fourth-order valence-corrected chi connectivity index (χ4v) is 4.80. The molecule has 0 aliphatic heterocycles. The van der Waals surface area contributed by atoms with Crippen molar-refractivity contribution in [2.24, 2.45) is 0 Å². The van der Waals surface area contributed by atoms with Gasteiger partial charge in [-0.05, 0) is 55.7 Å². The van der Waals surface area contributed by atoms with E-state index < -0.39 is 8.32 Å². The Labute approximate surface area is 215 Å². The molecular formula is C27H38ClN3O3Si. The number of aryl methyl sites for hydroxylation is 1. The lowest BCUT2D eigenvalue weighted by atomic mass is 10.1. The van der Waals surface area contributed by atoms with Crippen molar-refractivity contribution in [2.45, 2.75) is 78.2 Å². The maximum Gasteiger partial charge on any atom is 0.250 e. The van der Waals surface area contributed by atoms with Gasteiger partial charge in [0.05, 0.1) is 23.0 Å². The molecule has 1 aromatic carbocycles. The fraction of sp³-hybridized carbons (Fsp3) is 0.481. The molecule has 0 saturated heterocycles. The summed E-state index contributed by atoms with van der Waals surface area (Å²) >= 11 is 6.62. The van der Waals surface area contributed by atoms with Crippen LogP contribution in [0.2, 0.25) is 23.2 Å². The summed E-state index contributed by atoms with van der Waals surface area (Å²) in [4.78, 5) is 12.0. The van der Waals surface area contributed by atoms with Gasteiger partial charge in [-0.2, -0.15) is 5.10 Å². The lowest BCUT2D eigenvalue weighted by Crippen LogP contribution is -2.41. The minimum atomic E-state index is -1.75. The molecule has 2 aromatic heterocycles. The molecule has 1 atom stereocenters. The summed E-state index contributed by atoms with van der Waals surface area (Å²) in [6.07, 6.45) is 7.25. The van der Waals surface area contributed by atoms with Crippen LogP contribution >= 0.6 is 11.6 Å². The zero-order valence-corrected chi connectivity index (χ0v) is 23.7. The highest BCUT2D eigenvalue weighted by Gasteiger charge is 2.37. The summed E-state index contributed by atoms with van der Waals surface area (Å²) in [5, 5.41) is 5.28. The first-order chi connectivity index (χ1) is 16.4. The Morgan fingerprint density at radius 3 is 2.54 bits per heavy atom. The first-order valence-corrected chi connectivity index (χ1v) is 15.6. The zero-order chi connectivity index (χ0) is 25.8. The SMILES string of the molecule is CCCn1cc(-n2cc(-c3ccc(OC(C)CCO[Si](C)(C)C(C)(C)C)cc3Cl)cn2)ccc1=O. The molecule has 0 bridgehead atoms. The Kier molecular flexibility index (Phi) is 8.67. The molecule has 8 heteroatoms. The van der Waals surface area contributed by atoms with E-state index in [0.717, 1.165) is 35.4 Å². The van der Waals surface area contributed by atoms with Gasteiger partial charge in [-0.3, -0.25) is 4.79 Å². The Morgan fingerprint density at radius 1 is 1.14 bits per heavy atom. The Bertz CT molecular complexity index is 1200. The maximum atomic E-state index is 12.0. The maximum absolute atomic E-state index is 12.0. The minimum absolute atomic E-state index is 0.0117. The second-order valence-electron chi connectivity index (χ2n) is 10.6. The van der Waals surface area contributed by atoms with Crippen LogP contribution in [-0.4, -0.2) is 35.4 Å². The summed E-state index contributed by atoms with van der Waals surface area (Å²) in [7, 11) is -1.75. The molecule has 2 heterocycles. The highest BCUT2D eigenvalue weighted by atomic mass is 35.5. The highest BCUT2D eigenvalue weighted by molar-refractivity contribution is 6.74. The molecule has 0 fully saturated rings. The summed E-state index contributed by atoms with van der Waals surface area (Å²) in [6, 6.07) is 9.09. The monoisotopic (exact) mass is 515 g/mol. The number of aromatic nitrogens is 3. The van der Waals surface area contributed by atoms with Crippen molar-refractivity contribution in [3.63, 3.8) is 0 Å². The smallest absolute Gasteiger partial charge is 0.250 e. The number of halogens is 1. The van der Waals surface area contributed by atoms with E-state index in [-0.39, 0.29) is 16.7 Å². The molecule has 0 saturated carbocycles. The third-order valence-corrected chi connectivity index (χ3v) is 11.5. The van der Waals surface area contributed by atoms with Crippen LogP contribution in [0.1, 0.15) is 47.5 Å².